The van der Waals surface area contributed by atoms with Crippen LogP contribution in [-0.4, -0.2) is 12.5 Å². The van der Waals surface area contributed by atoms with E-state index in [9.17, 15) is 4.79 Å². The Bertz CT molecular complexity index is 396. The summed E-state index contributed by atoms with van der Waals surface area (Å²) in [6.07, 6.45) is 1.41. The third-order valence-corrected chi connectivity index (χ3v) is 2.05. The predicted molar refractivity (Wildman–Crippen MR) is 57.3 cm³/mol. The highest BCUT2D eigenvalue weighted by atomic mass is 16.1. The molecule has 0 spiro atoms. The van der Waals surface area contributed by atoms with Gasteiger partial charge in [0, 0.05) is 17.0 Å². The van der Waals surface area contributed by atoms with Crippen LogP contribution in [0.5, 0.6) is 0 Å². The molecule has 0 saturated heterocycles. The second-order valence-electron chi connectivity index (χ2n) is 3.08. The van der Waals surface area contributed by atoms with Crippen molar-refractivity contribution >= 4 is 5.91 Å². The first-order valence-corrected chi connectivity index (χ1v) is 4.64. The van der Waals surface area contributed by atoms with Crippen LogP contribution < -0.4 is 5.73 Å². The smallest absolute Gasteiger partial charge is 0.248 e. The number of hydrogen-bond donors (Lipinski definition) is 1. The molecule has 0 aromatic heterocycles. The lowest BCUT2D eigenvalue weighted by atomic mass is 10.0. The maximum Gasteiger partial charge on any atom is 0.248 e. The van der Waals surface area contributed by atoms with Crippen molar-refractivity contribution in [3.05, 3.63) is 45.8 Å². The Labute approximate surface area is 87.5 Å². The lowest BCUT2D eigenvalue weighted by molar-refractivity contribution is 0.0999. The van der Waals surface area contributed by atoms with Gasteiger partial charge in [0.05, 0.1) is 0 Å². The number of amides is 1. The van der Waals surface area contributed by atoms with E-state index in [2.05, 4.69) is 10.0 Å². The van der Waals surface area contributed by atoms with Gasteiger partial charge in [-0.2, -0.15) is 0 Å². The fourth-order valence-corrected chi connectivity index (χ4v) is 1.36. The number of azide groups is 1. The lowest BCUT2D eigenvalue weighted by Crippen LogP contribution is -2.13. The van der Waals surface area contributed by atoms with Crippen molar-refractivity contribution in [1.82, 2.24) is 0 Å². The number of rotatable bonds is 5. The van der Waals surface area contributed by atoms with Crippen LogP contribution in [0, 0.1) is 0 Å². The zero-order valence-electron chi connectivity index (χ0n) is 8.26. The van der Waals surface area contributed by atoms with Gasteiger partial charge in [-0.1, -0.05) is 23.3 Å². The predicted octanol–water partition coefficient (Wildman–Crippen LogP) is 2.03. The molecule has 1 aromatic carbocycles. The Hall–Kier alpha value is -2.00. The summed E-state index contributed by atoms with van der Waals surface area (Å²) in [5.74, 6) is -0.422. The Morgan fingerprint density at radius 3 is 2.87 bits per heavy atom. The minimum atomic E-state index is -0.422. The minimum absolute atomic E-state index is 0.422. The van der Waals surface area contributed by atoms with Crippen molar-refractivity contribution < 1.29 is 4.79 Å². The molecule has 15 heavy (non-hydrogen) atoms. The maximum absolute atomic E-state index is 11.1. The molecule has 1 rings (SSSR count). The molecule has 78 valence electrons. The molecule has 0 atom stereocenters. The van der Waals surface area contributed by atoms with Gasteiger partial charge in [-0.25, -0.2) is 0 Å². The fraction of sp³-hybridized carbons (Fsp3) is 0.300. The van der Waals surface area contributed by atoms with Gasteiger partial charge < -0.3 is 5.73 Å². The highest BCUT2D eigenvalue weighted by Gasteiger charge is 2.05. The molecule has 0 saturated carbocycles. The van der Waals surface area contributed by atoms with E-state index in [0.717, 1.165) is 5.56 Å². The summed E-state index contributed by atoms with van der Waals surface area (Å²) < 4.78 is 0. The number of nitrogens with two attached hydrogens (primary N) is 1. The van der Waals surface area contributed by atoms with Crippen molar-refractivity contribution in [2.45, 2.75) is 12.8 Å². The summed E-state index contributed by atoms with van der Waals surface area (Å²) in [7, 11) is 0. The first-order valence-electron chi connectivity index (χ1n) is 4.64. The van der Waals surface area contributed by atoms with E-state index < -0.39 is 5.91 Å². The van der Waals surface area contributed by atoms with Crippen LogP contribution in [0.2, 0.25) is 0 Å². The number of carbonyl (C=O) groups is 1. The Morgan fingerprint density at radius 1 is 1.47 bits per heavy atom. The molecule has 1 amide bonds. The van der Waals surface area contributed by atoms with Crippen LogP contribution in [0.15, 0.2) is 29.4 Å². The van der Waals surface area contributed by atoms with Gasteiger partial charge in [0.15, 0.2) is 0 Å². The normalized spacial score (nSPS) is 9.33. The zero-order chi connectivity index (χ0) is 11.1. The second-order valence-corrected chi connectivity index (χ2v) is 3.08. The minimum Gasteiger partial charge on any atom is -0.366 e. The zero-order valence-corrected chi connectivity index (χ0v) is 8.26. The highest BCUT2D eigenvalue weighted by molar-refractivity contribution is 5.94. The van der Waals surface area contributed by atoms with E-state index in [1.807, 2.05) is 12.1 Å². The van der Waals surface area contributed by atoms with Crippen LogP contribution in [0.25, 0.3) is 10.4 Å². The molecule has 0 aliphatic rings. The van der Waals surface area contributed by atoms with Gasteiger partial charge in [0.1, 0.15) is 0 Å². The van der Waals surface area contributed by atoms with Crippen molar-refractivity contribution in [3.8, 4) is 0 Å². The van der Waals surface area contributed by atoms with Crippen molar-refractivity contribution in [1.29, 1.82) is 0 Å². The quantitative estimate of drug-likeness (QED) is 0.338. The third-order valence-electron chi connectivity index (χ3n) is 2.05. The topological polar surface area (TPSA) is 91.8 Å². The average molecular weight is 204 g/mol. The van der Waals surface area contributed by atoms with Crippen molar-refractivity contribution in [2.75, 3.05) is 6.54 Å². The molecule has 0 radical (unpaired) electrons. The monoisotopic (exact) mass is 204 g/mol. The van der Waals surface area contributed by atoms with Gasteiger partial charge in [-0.3, -0.25) is 4.79 Å². The molecule has 0 bridgehead atoms. The largest absolute Gasteiger partial charge is 0.366 e. The molecule has 0 unspecified atom stereocenters. The van der Waals surface area contributed by atoms with Gasteiger partial charge in [-0.15, -0.1) is 0 Å². The molecule has 0 aliphatic heterocycles. The Morgan fingerprint density at radius 2 is 2.20 bits per heavy atom. The second kappa shape index (κ2) is 5.67. The molecule has 5 nitrogen and oxygen atoms in total. The van der Waals surface area contributed by atoms with Crippen LogP contribution in [-0.2, 0) is 6.42 Å². The number of aryl methyl sites for hydroxylation is 1. The summed E-state index contributed by atoms with van der Waals surface area (Å²) in [4.78, 5) is 13.7. The summed E-state index contributed by atoms with van der Waals surface area (Å²) >= 11 is 0. The first kappa shape index (κ1) is 11.1. The number of nitrogens with zero attached hydrogens (tertiary/aromatic N) is 3. The van der Waals surface area contributed by atoms with E-state index in [0.29, 0.717) is 24.9 Å². The standard InChI is InChI=1S/C10H12N4O/c11-10(15)9-6-2-1-4-8(9)5-3-7-13-14-12/h1-2,4,6H,3,5,7H2,(H2,11,15). The molecule has 1 aromatic rings. The number of carbonyl (C=O) groups excluding carboxylic acids is 1. The average Bonchev–Trinajstić information content (AvgIpc) is 2.25. The number of hydrogen-bond acceptors (Lipinski definition) is 2. The molecular formula is C10H12N4O. The van der Waals surface area contributed by atoms with E-state index in [-0.39, 0.29) is 0 Å². The molecule has 0 fully saturated rings. The van der Waals surface area contributed by atoms with Crippen LogP contribution >= 0.6 is 0 Å². The first-order chi connectivity index (χ1) is 7.25. The van der Waals surface area contributed by atoms with E-state index in [1.165, 1.54) is 0 Å². The number of primary amides is 1. The summed E-state index contributed by atoms with van der Waals surface area (Å²) in [6.45, 7) is 0.434. The van der Waals surface area contributed by atoms with Gasteiger partial charge >= 0.3 is 0 Å². The highest BCUT2D eigenvalue weighted by Crippen LogP contribution is 2.10. The number of benzene rings is 1. The van der Waals surface area contributed by atoms with E-state index in [4.69, 9.17) is 11.3 Å². The van der Waals surface area contributed by atoms with Crippen molar-refractivity contribution in [2.24, 2.45) is 10.8 Å². The van der Waals surface area contributed by atoms with E-state index >= 15 is 0 Å². The van der Waals surface area contributed by atoms with Crippen LogP contribution in [0.3, 0.4) is 0 Å². The molecule has 0 heterocycles. The van der Waals surface area contributed by atoms with Gasteiger partial charge in [0.25, 0.3) is 0 Å². The SMILES string of the molecule is [N-]=[N+]=NCCCc1ccccc1C(N)=O. The lowest BCUT2D eigenvalue weighted by Gasteiger charge is -2.04. The molecule has 2 N–H and O–H groups in total. The third kappa shape index (κ3) is 3.32. The van der Waals surface area contributed by atoms with Gasteiger partial charge in [0.2, 0.25) is 5.91 Å². The Balaban J connectivity index is 2.67. The summed E-state index contributed by atoms with van der Waals surface area (Å²) in [6, 6.07) is 7.19. The molecule has 0 aliphatic carbocycles. The Kier molecular flexibility index (Phi) is 4.19. The summed E-state index contributed by atoms with van der Waals surface area (Å²) in [5.41, 5.74) is 14.8. The van der Waals surface area contributed by atoms with E-state index in [1.54, 1.807) is 12.1 Å². The van der Waals surface area contributed by atoms with Crippen LogP contribution in [0.1, 0.15) is 22.3 Å². The van der Waals surface area contributed by atoms with Crippen LogP contribution in [0.4, 0.5) is 0 Å². The fourth-order valence-electron chi connectivity index (χ4n) is 1.36. The maximum atomic E-state index is 11.1. The van der Waals surface area contributed by atoms with Crippen molar-refractivity contribution in [3.63, 3.8) is 0 Å². The molecular weight excluding hydrogens is 192 g/mol. The van der Waals surface area contributed by atoms with Gasteiger partial charge in [-0.05, 0) is 30.0 Å². The molecule has 5 heteroatoms. The summed E-state index contributed by atoms with van der Waals surface area (Å²) in [5, 5.41) is 3.43.